The fraction of sp³-hybridized carbons (Fsp3) is 0.500. The average Bonchev–Trinajstić information content (AvgIpc) is 2.46. The summed E-state index contributed by atoms with van der Waals surface area (Å²) in [5.74, 6) is -0.547. The molecule has 0 aliphatic carbocycles. The van der Waals surface area contributed by atoms with E-state index < -0.39 is 10.8 Å². The number of nitro benzene ring substituents is 1. The third-order valence-corrected chi connectivity index (χ3v) is 3.82. The first-order valence-electron chi connectivity index (χ1n) is 6.83. The number of benzene rings is 1. The molecule has 21 heavy (non-hydrogen) atoms. The van der Waals surface area contributed by atoms with Crippen LogP contribution in [0.4, 0.5) is 5.69 Å². The van der Waals surface area contributed by atoms with Crippen molar-refractivity contribution in [1.29, 1.82) is 0 Å². The molecular weight excluding hydrogens is 274 g/mol. The lowest BCUT2D eigenvalue weighted by atomic mass is 10.0. The molecule has 0 saturated carbocycles. The summed E-state index contributed by atoms with van der Waals surface area (Å²) in [4.78, 5) is 26.7. The predicted octanol–water partition coefficient (Wildman–Crippen LogP) is 1.47. The Morgan fingerprint density at radius 2 is 2.19 bits per heavy atom. The molecule has 1 atom stereocenters. The Balaban J connectivity index is 2.27. The van der Waals surface area contributed by atoms with Crippen molar-refractivity contribution in [3.63, 3.8) is 0 Å². The standard InChI is InChI=1S/C14H19N3O4/c1-15(2)10-4-3-7-16(9-10)14(19)12-8-11(18)5-6-13(12)17(20)21/h5-6,8,10,18H,3-4,7,9H2,1-2H3. The van der Waals surface area contributed by atoms with Gasteiger partial charge in [0.1, 0.15) is 11.3 Å². The lowest BCUT2D eigenvalue weighted by molar-refractivity contribution is -0.385. The molecule has 0 aromatic heterocycles. The van der Waals surface area contributed by atoms with Crippen LogP contribution in [-0.2, 0) is 0 Å². The van der Waals surface area contributed by atoms with E-state index in [2.05, 4.69) is 4.90 Å². The number of likely N-dealkylation sites (tertiary alicyclic amines) is 1. The molecule has 114 valence electrons. The van der Waals surface area contributed by atoms with E-state index in [-0.39, 0.29) is 23.0 Å². The highest BCUT2D eigenvalue weighted by molar-refractivity contribution is 5.98. The van der Waals surface area contributed by atoms with Crippen molar-refractivity contribution in [2.75, 3.05) is 27.2 Å². The molecule has 1 saturated heterocycles. The van der Waals surface area contributed by atoms with Crippen molar-refractivity contribution in [3.05, 3.63) is 33.9 Å². The van der Waals surface area contributed by atoms with Crippen molar-refractivity contribution in [1.82, 2.24) is 9.80 Å². The lowest BCUT2D eigenvalue weighted by Crippen LogP contribution is -2.47. The van der Waals surface area contributed by atoms with Gasteiger partial charge in [0.2, 0.25) is 0 Å². The predicted molar refractivity (Wildman–Crippen MR) is 77.4 cm³/mol. The second-order valence-corrected chi connectivity index (χ2v) is 5.47. The van der Waals surface area contributed by atoms with Crippen molar-refractivity contribution in [2.45, 2.75) is 18.9 Å². The Morgan fingerprint density at radius 3 is 2.81 bits per heavy atom. The van der Waals surface area contributed by atoms with E-state index in [1.807, 2.05) is 14.1 Å². The smallest absolute Gasteiger partial charge is 0.282 e. The molecule has 0 radical (unpaired) electrons. The number of phenolic OH excluding ortho intramolecular Hbond substituents is 1. The van der Waals surface area contributed by atoms with E-state index in [1.165, 1.54) is 12.1 Å². The number of nitro groups is 1. The van der Waals surface area contributed by atoms with Crippen LogP contribution in [0, 0.1) is 10.1 Å². The van der Waals surface area contributed by atoms with Gasteiger partial charge in [-0.25, -0.2) is 0 Å². The van der Waals surface area contributed by atoms with E-state index in [0.29, 0.717) is 13.1 Å². The molecule has 7 heteroatoms. The molecular formula is C14H19N3O4. The van der Waals surface area contributed by atoms with Crippen molar-refractivity contribution < 1.29 is 14.8 Å². The summed E-state index contributed by atoms with van der Waals surface area (Å²) in [5.41, 5.74) is -0.329. The fourth-order valence-corrected chi connectivity index (χ4v) is 2.59. The largest absolute Gasteiger partial charge is 0.508 e. The van der Waals surface area contributed by atoms with Gasteiger partial charge >= 0.3 is 0 Å². The average molecular weight is 293 g/mol. The molecule has 1 aromatic rings. The number of carbonyl (C=O) groups is 1. The van der Waals surface area contributed by atoms with E-state index in [1.54, 1.807) is 4.90 Å². The van der Waals surface area contributed by atoms with Crippen LogP contribution in [0.3, 0.4) is 0 Å². The SMILES string of the molecule is CN(C)C1CCCN(C(=O)c2cc(O)ccc2[N+](=O)[O-])C1. The van der Waals surface area contributed by atoms with E-state index >= 15 is 0 Å². The number of aromatic hydroxyl groups is 1. The molecule has 1 aliphatic heterocycles. The van der Waals surface area contributed by atoms with E-state index in [9.17, 15) is 20.0 Å². The maximum Gasteiger partial charge on any atom is 0.282 e. The van der Waals surface area contributed by atoms with Crippen LogP contribution < -0.4 is 0 Å². The summed E-state index contributed by atoms with van der Waals surface area (Å²) in [6.45, 7) is 1.12. The number of piperidine rings is 1. The number of hydrogen-bond donors (Lipinski definition) is 1. The Labute approximate surface area is 122 Å². The Bertz CT molecular complexity index is 559. The molecule has 0 bridgehead atoms. The van der Waals surface area contributed by atoms with Crippen LogP contribution in [0.2, 0.25) is 0 Å². The molecule has 1 amide bonds. The summed E-state index contributed by atoms with van der Waals surface area (Å²) in [6, 6.07) is 3.79. The molecule has 1 heterocycles. The highest BCUT2D eigenvalue weighted by atomic mass is 16.6. The van der Waals surface area contributed by atoms with Crippen molar-refractivity contribution >= 4 is 11.6 Å². The Morgan fingerprint density at radius 1 is 1.48 bits per heavy atom. The highest BCUT2D eigenvalue weighted by Crippen LogP contribution is 2.26. The van der Waals surface area contributed by atoms with Crippen LogP contribution in [0.15, 0.2) is 18.2 Å². The minimum atomic E-state index is -0.597. The van der Waals surface area contributed by atoms with Gasteiger partial charge in [-0.05, 0) is 39.1 Å². The maximum atomic E-state index is 12.5. The first-order valence-corrected chi connectivity index (χ1v) is 6.83. The topological polar surface area (TPSA) is 86.9 Å². The molecule has 1 N–H and O–H groups in total. The van der Waals surface area contributed by atoms with Gasteiger partial charge in [0.05, 0.1) is 4.92 Å². The summed E-state index contributed by atoms with van der Waals surface area (Å²) in [6.07, 6.45) is 1.86. The molecule has 1 fully saturated rings. The van der Waals surface area contributed by atoms with Gasteiger partial charge in [0.25, 0.3) is 11.6 Å². The molecule has 0 spiro atoms. The van der Waals surface area contributed by atoms with Gasteiger partial charge in [0, 0.05) is 25.2 Å². The third-order valence-electron chi connectivity index (χ3n) is 3.82. The summed E-state index contributed by atoms with van der Waals surface area (Å²) < 4.78 is 0. The fourth-order valence-electron chi connectivity index (χ4n) is 2.59. The number of carbonyl (C=O) groups excluding carboxylic acids is 1. The Hall–Kier alpha value is -2.15. The van der Waals surface area contributed by atoms with Gasteiger partial charge in [-0.3, -0.25) is 14.9 Å². The van der Waals surface area contributed by atoms with Crippen LogP contribution in [0.25, 0.3) is 0 Å². The van der Waals surface area contributed by atoms with Gasteiger partial charge in [0.15, 0.2) is 0 Å². The summed E-state index contributed by atoms with van der Waals surface area (Å²) in [7, 11) is 3.91. The second kappa shape index (κ2) is 6.09. The molecule has 1 aliphatic rings. The number of amides is 1. The molecule has 1 aromatic carbocycles. The molecule has 7 nitrogen and oxygen atoms in total. The normalized spacial score (nSPS) is 18.8. The maximum absolute atomic E-state index is 12.5. The quantitative estimate of drug-likeness (QED) is 0.673. The highest BCUT2D eigenvalue weighted by Gasteiger charge is 2.29. The number of phenols is 1. The zero-order valence-corrected chi connectivity index (χ0v) is 12.2. The van der Waals surface area contributed by atoms with Crippen molar-refractivity contribution in [2.24, 2.45) is 0 Å². The summed E-state index contributed by atoms with van der Waals surface area (Å²) in [5, 5.41) is 20.5. The van der Waals surface area contributed by atoms with Crippen molar-refractivity contribution in [3.8, 4) is 5.75 Å². The van der Waals surface area contributed by atoms with Gasteiger partial charge in [-0.15, -0.1) is 0 Å². The minimum Gasteiger partial charge on any atom is -0.508 e. The van der Waals surface area contributed by atoms with E-state index in [4.69, 9.17) is 0 Å². The van der Waals surface area contributed by atoms with Gasteiger partial charge in [-0.2, -0.15) is 0 Å². The number of likely N-dealkylation sites (N-methyl/N-ethyl adjacent to an activating group) is 1. The van der Waals surface area contributed by atoms with Gasteiger partial charge < -0.3 is 14.9 Å². The second-order valence-electron chi connectivity index (χ2n) is 5.47. The number of rotatable bonds is 3. The summed E-state index contributed by atoms with van der Waals surface area (Å²) >= 11 is 0. The van der Waals surface area contributed by atoms with Crippen LogP contribution >= 0.6 is 0 Å². The first-order chi connectivity index (χ1) is 9.90. The van der Waals surface area contributed by atoms with Crippen LogP contribution in [0.1, 0.15) is 23.2 Å². The van der Waals surface area contributed by atoms with Crippen LogP contribution in [-0.4, -0.2) is 59.0 Å². The first kappa shape index (κ1) is 15.2. The lowest BCUT2D eigenvalue weighted by Gasteiger charge is -2.36. The zero-order chi connectivity index (χ0) is 15.6. The monoisotopic (exact) mass is 293 g/mol. The zero-order valence-electron chi connectivity index (χ0n) is 12.2. The molecule has 2 rings (SSSR count). The third kappa shape index (κ3) is 3.30. The number of hydrogen-bond acceptors (Lipinski definition) is 5. The van der Waals surface area contributed by atoms with Crippen LogP contribution in [0.5, 0.6) is 5.75 Å². The number of nitrogens with zero attached hydrogens (tertiary/aromatic N) is 3. The molecule has 1 unspecified atom stereocenters. The Kier molecular flexibility index (Phi) is 4.42. The van der Waals surface area contributed by atoms with E-state index in [0.717, 1.165) is 18.9 Å². The minimum absolute atomic E-state index is 0.0561. The van der Waals surface area contributed by atoms with Gasteiger partial charge in [-0.1, -0.05) is 0 Å².